The van der Waals surface area contributed by atoms with E-state index in [0.717, 1.165) is 60.1 Å². The number of aromatic nitrogens is 2. The second-order valence-electron chi connectivity index (χ2n) is 10.9. The monoisotopic (exact) mass is 631 g/mol. The quantitative estimate of drug-likeness (QED) is 0.168. The molecule has 5 rings (SSSR count). The van der Waals surface area contributed by atoms with Crippen LogP contribution < -0.4 is 5.32 Å². The predicted molar refractivity (Wildman–Crippen MR) is 166 cm³/mol. The topological polar surface area (TPSA) is 122 Å². The van der Waals surface area contributed by atoms with Crippen LogP contribution in [-0.2, 0) is 22.6 Å². The molecule has 42 heavy (non-hydrogen) atoms. The van der Waals surface area contributed by atoms with Gasteiger partial charge in [-0.15, -0.1) is 0 Å². The van der Waals surface area contributed by atoms with Gasteiger partial charge in [0.2, 0.25) is 5.91 Å². The predicted octanol–water partition coefficient (Wildman–Crippen LogP) is 7.38. The summed E-state index contributed by atoms with van der Waals surface area (Å²) in [5.74, 6) is -2.37. The zero-order chi connectivity index (χ0) is 29.8. The van der Waals surface area contributed by atoms with E-state index in [1.54, 1.807) is 12.1 Å². The number of rotatable bonds is 10. The molecule has 3 aromatic carbocycles. The molecule has 0 bridgehead atoms. The summed E-state index contributed by atoms with van der Waals surface area (Å²) >= 11 is 3.35. The highest BCUT2D eigenvalue weighted by atomic mass is 79.9. The Morgan fingerprint density at radius 2 is 1.71 bits per heavy atom. The van der Waals surface area contributed by atoms with Crippen LogP contribution in [0, 0.1) is 11.8 Å². The molecule has 9 heteroatoms. The highest BCUT2D eigenvalue weighted by Crippen LogP contribution is 2.32. The highest BCUT2D eigenvalue weighted by molar-refractivity contribution is 9.10. The minimum absolute atomic E-state index is 0.233. The summed E-state index contributed by atoms with van der Waals surface area (Å²) in [6.45, 7) is 2.70. The summed E-state index contributed by atoms with van der Waals surface area (Å²) in [6, 6.07) is 18.8. The maximum Gasteiger partial charge on any atom is 0.336 e. The maximum atomic E-state index is 13.1. The molecule has 1 aliphatic rings. The number of halogens is 1. The van der Waals surface area contributed by atoms with Gasteiger partial charge in [-0.3, -0.25) is 9.59 Å². The van der Waals surface area contributed by atoms with E-state index in [9.17, 15) is 24.6 Å². The van der Waals surface area contributed by atoms with Crippen molar-refractivity contribution in [2.45, 2.75) is 58.4 Å². The number of hydrogen-bond acceptors (Lipinski definition) is 4. The third-order valence-corrected chi connectivity index (χ3v) is 8.58. The van der Waals surface area contributed by atoms with Gasteiger partial charge in [-0.25, -0.2) is 9.78 Å². The maximum absolute atomic E-state index is 13.1. The van der Waals surface area contributed by atoms with Crippen LogP contribution >= 0.6 is 15.9 Å². The van der Waals surface area contributed by atoms with Crippen LogP contribution in [0.25, 0.3) is 22.2 Å². The van der Waals surface area contributed by atoms with Crippen molar-refractivity contribution in [2.75, 3.05) is 5.32 Å². The van der Waals surface area contributed by atoms with Crippen LogP contribution in [0.5, 0.6) is 0 Å². The van der Waals surface area contributed by atoms with Crippen LogP contribution in [0.1, 0.15) is 67.2 Å². The van der Waals surface area contributed by atoms with Gasteiger partial charge in [-0.05, 0) is 66.3 Å². The second-order valence-corrected chi connectivity index (χ2v) is 11.9. The fourth-order valence-electron chi connectivity index (χ4n) is 5.85. The van der Waals surface area contributed by atoms with Crippen molar-refractivity contribution in [2.24, 2.45) is 11.8 Å². The number of fused-ring (bicyclic) bond motifs is 1. The van der Waals surface area contributed by atoms with Crippen LogP contribution in [0.15, 0.2) is 65.1 Å². The van der Waals surface area contributed by atoms with E-state index in [1.807, 2.05) is 48.5 Å². The number of carboxylic acids is 2. The highest BCUT2D eigenvalue weighted by Gasteiger charge is 2.35. The third-order valence-electron chi connectivity index (χ3n) is 8.09. The third kappa shape index (κ3) is 6.41. The lowest BCUT2D eigenvalue weighted by Crippen LogP contribution is -2.36. The van der Waals surface area contributed by atoms with Crippen LogP contribution in [0.2, 0.25) is 0 Å². The van der Waals surface area contributed by atoms with Crippen LogP contribution in [0.4, 0.5) is 5.69 Å². The van der Waals surface area contributed by atoms with Crippen molar-refractivity contribution in [1.29, 1.82) is 0 Å². The molecule has 1 fully saturated rings. The molecule has 0 spiro atoms. The molecule has 218 valence electrons. The number of anilines is 1. The molecule has 4 aromatic rings. The first-order valence-electron chi connectivity index (χ1n) is 14.4. The minimum atomic E-state index is -0.981. The zero-order valence-electron chi connectivity index (χ0n) is 23.5. The molecule has 1 saturated carbocycles. The molecule has 2 atom stereocenters. The number of aromatic carboxylic acids is 1. The standard InChI is InChI=1S/C33H34BrN3O5/c1-2-3-8-30-36-28-16-14-23(35-31(38)25-6-4-5-7-26(25)32(39)40)18-29(28)37(30)19-20-9-11-21(12-10-20)24-15-13-22(34)17-27(24)33(41)42/h9-18,25-26H,2-8,19H2,1H3,(H,35,38)(H,39,40)(H,41,42). The molecular formula is C33H34BrN3O5. The van der Waals surface area contributed by atoms with Crippen molar-refractivity contribution in [3.8, 4) is 11.1 Å². The molecule has 0 radical (unpaired) electrons. The molecule has 0 aliphatic heterocycles. The summed E-state index contributed by atoms with van der Waals surface area (Å²) in [7, 11) is 0. The zero-order valence-corrected chi connectivity index (χ0v) is 25.1. The first-order chi connectivity index (χ1) is 20.2. The smallest absolute Gasteiger partial charge is 0.336 e. The molecule has 2 unspecified atom stereocenters. The molecule has 1 heterocycles. The van der Waals surface area contributed by atoms with Gasteiger partial charge in [0.1, 0.15) is 5.82 Å². The fraction of sp³-hybridized carbons (Fsp3) is 0.333. The van der Waals surface area contributed by atoms with Crippen LogP contribution in [0.3, 0.4) is 0 Å². The number of carboxylic acid groups (broad SMARTS) is 2. The van der Waals surface area contributed by atoms with E-state index in [4.69, 9.17) is 4.98 Å². The summed E-state index contributed by atoms with van der Waals surface area (Å²) in [4.78, 5) is 41.6. The van der Waals surface area contributed by atoms with Gasteiger partial charge >= 0.3 is 11.9 Å². The molecular weight excluding hydrogens is 598 g/mol. The number of amides is 1. The summed E-state index contributed by atoms with van der Waals surface area (Å²) in [5.41, 5.74) is 5.08. The van der Waals surface area contributed by atoms with Gasteiger partial charge in [-0.2, -0.15) is 0 Å². The number of carbonyl (C=O) groups excluding carboxylic acids is 1. The van der Waals surface area contributed by atoms with E-state index < -0.39 is 23.8 Å². The molecule has 0 saturated heterocycles. The first kappa shape index (κ1) is 29.5. The van der Waals surface area contributed by atoms with Crippen LogP contribution in [-0.4, -0.2) is 37.6 Å². The number of imidazole rings is 1. The van der Waals surface area contributed by atoms with Crippen molar-refractivity contribution < 1.29 is 24.6 Å². The number of carbonyl (C=O) groups is 3. The normalized spacial score (nSPS) is 16.8. The number of nitrogens with one attached hydrogen (secondary N) is 1. The number of hydrogen-bond donors (Lipinski definition) is 3. The number of aliphatic carboxylic acids is 1. The Morgan fingerprint density at radius 3 is 2.40 bits per heavy atom. The van der Waals surface area contributed by atoms with E-state index in [1.165, 1.54) is 0 Å². The van der Waals surface area contributed by atoms with E-state index in [2.05, 4.69) is 32.7 Å². The summed E-state index contributed by atoms with van der Waals surface area (Å²) < 4.78 is 2.88. The Hall–Kier alpha value is -3.98. The van der Waals surface area contributed by atoms with Crippen molar-refractivity contribution in [3.63, 3.8) is 0 Å². The summed E-state index contributed by atoms with van der Waals surface area (Å²) in [5, 5.41) is 22.3. The van der Waals surface area contributed by atoms with Gasteiger partial charge in [0.25, 0.3) is 0 Å². The fourth-order valence-corrected chi connectivity index (χ4v) is 6.21. The van der Waals surface area contributed by atoms with Gasteiger partial charge < -0.3 is 20.1 Å². The Labute approximate surface area is 252 Å². The SMILES string of the molecule is CCCCc1nc2ccc(NC(=O)C3CCCCC3C(=O)O)cc2n1Cc1ccc(-c2ccc(Br)cc2C(=O)O)cc1. The Bertz CT molecular complexity index is 1630. The number of aryl methyl sites for hydroxylation is 1. The van der Waals surface area contributed by atoms with Crippen molar-refractivity contribution >= 4 is 50.5 Å². The minimum Gasteiger partial charge on any atom is -0.481 e. The molecule has 1 amide bonds. The Balaban J connectivity index is 1.43. The van der Waals surface area contributed by atoms with E-state index >= 15 is 0 Å². The first-order valence-corrected chi connectivity index (χ1v) is 15.2. The molecule has 8 nitrogen and oxygen atoms in total. The average Bonchev–Trinajstić information content (AvgIpc) is 3.32. The van der Waals surface area contributed by atoms with Gasteiger partial charge in [0, 0.05) is 23.1 Å². The molecule has 3 N–H and O–H groups in total. The largest absolute Gasteiger partial charge is 0.481 e. The lowest BCUT2D eigenvalue weighted by molar-refractivity contribution is -0.147. The Kier molecular flexibility index (Phi) is 9.06. The van der Waals surface area contributed by atoms with E-state index in [-0.39, 0.29) is 11.5 Å². The van der Waals surface area contributed by atoms with E-state index in [0.29, 0.717) is 35.1 Å². The van der Waals surface area contributed by atoms with Gasteiger partial charge in [-0.1, -0.05) is 72.4 Å². The average molecular weight is 633 g/mol. The van der Waals surface area contributed by atoms with Gasteiger partial charge in [0.15, 0.2) is 0 Å². The lowest BCUT2D eigenvalue weighted by atomic mass is 9.78. The molecule has 1 aromatic heterocycles. The molecule has 1 aliphatic carbocycles. The number of benzene rings is 3. The van der Waals surface area contributed by atoms with Gasteiger partial charge in [0.05, 0.1) is 28.4 Å². The Morgan fingerprint density at radius 1 is 0.976 bits per heavy atom. The number of unbranched alkanes of at least 4 members (excludes halogenated alkanes) is 1. The van der Waals surface area contributed by atoms with Crippen molar-refractivity contribution in [1.82, 2.24) is 9.55 Å². The summed E-state index contributed by atoms with van der Waals surface area (Å²) in [6.07, 6.45) is 5.63. The second kappa shape index (κ2) is 12.9. The number of nitrogens with zero attached hydrogens (tertiary/aromatic N) is 2. The lowest BCUT2D eigenvalue weighted by Gasteiger charge is -2.27. The van der Waals surface area contributed by atoms with Crippen molar-refractivity contribution in [3.05, 3.63) is 82.1 Å².